The molecule has 0 aliphatic carbocycles. The number of carbonyl (C=O) groups excluding carboxylic acids is 1. The van der Waals surface area contributed by atoms with Gasteiger partial charge in [0.1, 0.15) is 5.82 Å². The molecule has 4 aromatic rings. The number of fused-ring (bicyclic) bond motifs is 1. The number of imidazole rings is 1. The number of ether oxygens (including phenoxy) is 4. The quantitative estimate of drug-likeness (QED) is 0.144. The minimum absolute atomic E-state index is 0.0112. The Morgan fingerprint density at radius 2 is 1.62 bits per heavy atom. The van der Waals surface area contributed by atoms with Gasteiger partial charge in [-0.3, -0.25) is 9.53 Å². The Labute approximate surface area is 289 Å². The first-order valence-corrected chi connectivity index (χ1v) is 16.5. The number of methoxy groups -OCH3 is 3. The maximum absolute atomic E-state index is 13.9. The van der Waals surface area contributed by atoms with Gasteiger partial charge < -0.3 is 33.5 Å². The lowest BCUT2D eigenvalue weighted by Gasteiger charge is -2.28. The van der Waals surface area contributed by atoms with E-state index in [1.165, 1.54) is 33.5 Å². The van der Waals surface area contributed by atoms with Crippen LogP contribution in [0.5, 0.6) is 17.2 Å². The number of nitrogens with zero attached hydrogens (tertiary/aromatic N) is 5. The van der Waals surface area contributed by atoms with Crippen LogP contribution in [0.4, 0.5) is 23.5 Å². The van der Waals surface area contributed by atoms with Crippen LogP contribution in [0.3, 0.4) is 0 Å². The van der Waals surface area contributed by atoms with E-state index in [0.717, 1.165) is 30.6 Å². The molecule has 10 nitrogen and oxygen atoms in total. The van der Waals surface area contributed by atoms with Crippen molar-refractivity contribution < 1.29 is 41.3 Å². The molecule has 1 atom stereocenters. The average Bonchev–Trinajstić information content (AvgIpc) is 3.30. The maximum atomic E-state index is 13.9. The SMILES string of the molecule is COc1cc(C(=O)N(C)CC(CCN2CCCN(c3nc4ccccc4n3CCOC(F)(F)F)CC2)c2ccc(F)cc2)cc(OC)c1OC. The number of halogens is 4. The molecule has 1 fully saturated rings. The standard InChI is InChI=1S/C36H43F4N5O5/c1-42(34(46)27-22-31(47-2)33(49-4)32(23-27)48-3)24-26(25-10-12-28(37)13-11-25)14-17-43-15-7-16-44(19-18-43)35-41-29-8-5-6-9-30(29)45(35)20-21-50-36(38,39)40/h5-6,8-13,22-23,26H,7,14-21,24H2,1-4H3. The molecular weight excluding hydrogens is 658 g/mol. The molecule has 270 valence electrons. The molecule has 14 heteroatoms. The van der Waals surface area contributed by atoms with Crippen molar-refractivity contribution in [2.45, 2.75) is 31.7 Å². The number of aromatic nitrogens is 2. The molecule has 1 aliphatic heterocycles. The fourth-order valence-electron chi connectivity index (χ4n) is 6.45. The second kappa shape index (κ2) is 16.4. The van der Waals surface area contributed by atoms with Crippen molar-refractivity contribution >= 4 is 22.9 Å². The molecule has 1 aromatic heterocycles. The monoisotopic (exact) mass is 701 g/mol. The minimum Gasteiger partial charge on any atom is -0.493 e. The van der Waals surface area contributed by atoms with Crippen molar-refractivity contribution in [2.75, 3.05) is 79.2 Å². The van der Waals surface area contributed by atoms with E-state index in [1.807, 2.05) is 24.3 Å². The molecule has 5 rings (SSSR count). The Morgan fingerprint density at radius 1 is 0.920 bits per heavy atom. The summed E-state index contributed by atoms with van der Waals surface area (Å²) in [6.45, 7) is 3.43. The van der Waals surface area contributed by atoms with Gasteiger partial charge in [-0.05, 0) is 67.9 Å². The third-order valence-corrected chi connectivity index (χ3v) is 8.97. The Kier molecular flexibility index (Phi) is 12.1. The molecule has 0 N–H and O–H groups in total. The van der Waals surface area contributed by atoms with Gasteiger partial charge in [0.25, 0.3) is 5.91 Å². The minimum atomic E-state index is -4.70. The number of carbonyl (C=O) groups is 1. The normalized spacial score (nSPS) is 14.8. The zero-order valence-corrected chi connectivity index (χ0v) is 28.7. The molecule has 1 amide bonds. The van der Waals surface area contributed by atoms with E-state index in [2.05, 4.69) is 14.5 Å². The highest BCUT2D eigenvalue weighted by atomic mass is 19.4. The summed E-state index contributed by atoms with van der Waals surface area (Å²) in [4.78, 5) is 24.6. The Hall–Kier alpha value is -4.56. The van der Waals surface area contributed by atoms with E-state index < -0.39 is 13.0 Å². The highest BCUT2D eigenvalue weighted by Gasteiger charge is 2.30. The number of para-hydroxylation sites is 2. The highest BCUT2D eigenvalue weighted by molar-refractivity contribution is 5.95. The van der Waals surface area contributed by atoms with Gasteiger partial charge in [0.05, 0.1) is 39.0 Å². The van der Waals surface area contributed by atoms with E-state index >= 15 is 0 Å². The first-order chi connectivity index (χ1) is 24.0. The number of likely N-dealkylation sites (N-methyl/N-ethyl adjacent to an activating group) is 1. The molecule has 3 aromatic carbocycles. The van der Waals surface area contributed by atoms with Crippen LogP contribution in [0.1, 0.15) is 34.7 Å². The van der Waals surface area contributed by atoms with E-state index in [9.17, 15) is 22.4 Å². The summed E-state index contributed by atoms with van der Waals surface area (Å²) in [5.41, 5.74) is 2.76. The lowest BCUT2D eigenvalue weighted by atomic mass is 9.94. The van der Waals surface area contributed by atoms with Crippen molar-refractivity contribution in [2.24, 2.45) is 0 Å². The molecule has 0 spiro atoms. The van der Waals surface area contributed by atoms with Crippen molar-refractivity contribution in [3.63, 3.8) is 0 Å². The molecular formula is C36H43F4N5O5. The predicted octanol–water partition coefficient (Wildman–Crippen LogP) is 6.20. The fourth-order valence-corrected chi connectivity index (χ4v) is 6.45. The Bertz CT molecular complexity index is 1710. The summed E-state index contributed by atoms with van der Waals surface area (Å²) in [5, 5.41) is 0. The summed E-state index contributed by atoms with van der Waals surface area (Å²) < 4.78 is 74.4. The number of hydrogen-bond donors (Lipinski definition) is 0. The number of benzene rings is 3. The third-order valence-electron chi connectivity index (χ3n) is 8.97. The number of alkyl halides is 3. The van der Waals surface area contributed by atoms with Crippen LogP contribution in [0.2, 0.25) is 0 Å². The molecule has 1 unspecified atom stereocenters. The van der Waals surface area contributed by atoms with Gasteiger partial charge in [-0.2, -0.15) is 0 Å². The first-order valence-electron chi connectivity index (χ1n) is 16.5. The predicted molar refractivity (Wildman–Crippen MR) is 182 cm³/mol. The average molecular weight is 702 g/mol. The molecule has 1 saturated heterocycles. The summed E-state index contributed by atoms with van der Waals surface area (Å²) in [7, 11) is 6.22. The summed E-state index contributed by atoms with van der Waals surface area (Å²) in [6.07, 6.45) is -3.18. The second-order valence-electron chi connectivity index (χ2n) is 12.2. The first kappa shape index (κ1) is 36.7. The summed E-state index contributed by atoms with van der Waals surface area (Å²) in [5.74, 6) is 1.10. The number of amides is 1. The van der Waals surface area contributed by atoms with Gasteiger partial charge in [-0.15, -0.1) is 13.2 Å². The van der Waals surface area contributed by atoms with Crippen LogP contribution in [0.25, 0.3) is 11.0 Å². The third kappa shape index (κ3) is 8.96. The van der Waals surface area contributed by atoms with Crippen molar-refractivity contribution in [3.05, 3.63) is 77.6 Å². The molecule has 2 heterocycles. The van der Waals surface area contributed by atoms with Crippen LogP contribution < -0.4 is 19.1 Å². The van der Waals surface area contributed by atoms with Crippen LogP contribution in [-0.2, 0) is 11.3 Å². The van der Waals surface area contributed by atoms with Gasteiger partial charge in [0.2, 0.25) is 11.7 Å². The highest BCUT2D eigenvalue weighted by Crippen LogP contribution is 2.38. The summed E-state index contributed by atoms with van der Waals surface area (Å²) >= 11 is 0. The van der Waals surface area contributed by atoms with Gasteiger partial charge in [-0.25, -0.2) is 9.37 Å². The molecule has 50 heavy (non-hydrogen) atoms. The lowest BCUT2D eigenvalue weighted by molar-refractivity contribution is -0.325. The smallest absolute Gasteiger partial charge is 0.493 e. The molecule has 1 aliphatic rings. The van der Waals surface area contributed by atoms with Crippen molar-refractivity contribution in [1.82, 2.24) is 19.4 Å². The molecule has 0 radical (unpaired) electrons. The van der Waals surface area contributed by atoms with Gasteiger partial charge >= 0.3 is 6.36 Å². The number of hydrogen-bond acceptors (Lipinski definition) is 8. The maximum Gasteiger partial charge on any atom is 0.522 e. The van der Waals surface area contributed by atoms with E-state index in [0.29, 0.717) is 66.9 Å². The molecule has 0 saturated carbocycles. The fraction of sp³-hybridized carbons (Fsp3) is 0.444. The Balaban J connectivity index is 1.28. The topological polar surface area (TPSA) is 81.5 Å². The number of rotatable bonds is 14. The second-order valence-corrected chi connectivity index (χ2v) is 12.2. The molecule has 0 bridgehead atoms. The van der Waals surface area contributed by atoms with E-state index in [4.69, 9.17) is 19.2 Å². The van der Waals surface area contributed by atoms with Crippen molar-refractivity contribution in [1.29, 1.82) is 0 Å². The zero-order chi connectivity index (χ0) is 35.8. The largest absolute Gasteiger partial charge is 0.522 e. The Morgan fingerprint density at radius 3 is 2.28 bits per heavy atom. The lowest BCUT2D eigenvalue weighted by Crippen LogP contribution is -2.35. The summed E-state index contributed by atoms with van der Waals surface area (Å²) in [6, 6.07) is 17.0. The van der Waals surface area contributed by atoms with Gasteiger partial charge in [0.15, 0.2) is 11.5 Å². The van der Waals surface area contributed by atoms with Crippen molar-refractivity contribution in [3.8, 4) is 17.2 Å². The van der Waals surface area contributed by atoms with Crippen LogP contribution in [0, 0.1) is 5.82 Å². The zero-order valence-electron chi connectivity index (χ0n) is 28.7. The van der Waals surface area contributed by atoms with E-state index in [1.54, 1.807) is 40.8 Å². The van der Waals surface area contributed by atoms with Gasteiger partial charge in [0, 0.05) is 51.3 Å². The van der Waals surface area contributed by atoms with E-state index in [-0.39, 0.29) is 24.2 Å². The van der Waals surface area contributed by atoms with Crippen LogP contribution in [0.15, 0.2) is 60.7 Å². The van der Waals surface area contributed by atoms with Gasteiger partial charge in [-0.1, -0.05) is 24.3 Å². The number of anilines is 1. The van der Waals surface area contributed by atoms with Crippen LogP contribution >= 0.6 is 0 Å². The van der Waals surface area contributed by atoms with Crippen LogP contribution in [-0.4, -0.2) is 106 Å².